The summed E-state index contributed by atoms with van der Waals surface area (Å²) in [5.41, 5.74) is 6.85. The van der Waals surface area contributed by atoms with Crippen LogP contribution in [0.25, 0.3) is 0 Å². The van der Waals surface area contributed by atoms with Gasteiger partial charge in [0.1, 0.15) is 17.6 Å². The molecule has 0 spiro atoms. The maximum Gasteiger partial charge on any atom is 0.451 e. The van der Waals surface area contributed by atoms with Gasteiger partial charge in [-0.1, -0.05) is 0 Å². The minimum Gasteiger partial charge on any atom is -0.383 e. The second-order valence-corrected chi connectivity index (χ2v) is 9.31. The predicted molar refractivity (Wildman–Crippen MR) is 118 cm³/mol. The van der Waals surface area contributed by atoms with Gasteiger partial charge >= 0.3 is 6.18 Å². The molecule has 1 saturated heterocycles. The number of nitrogens with two attached hydrogens (primary N) is 1. The molecular weight excluding hydrogens is 457 g/mol. The quantitative estimate of drug-likeness (QED) is 0.651. The molecule has 0 aliphatic carbocycles. The molecule has 33 heavy (non-hydrogen) atoms. The van der Waals surface area contributed by atoms with Crippen LogP contribution in [0.5, 0.6) is 0 Å². The van der Waals surface area contributed by atoms with Crippen molar-refractivity contribution in [2.45, 2.75) is 58.7 Å². The number of thiazole rings is 1. The highest BCUT2D eigenvalue weighted by Crippen LogP contribution is 2.30. The SMILES string of the molecule is Cc1nc(C(=O)NC(C)C(=O)N2CCC(CCc3c(C)nc(C(F)(F)F)nc3N)CC2)cs1. The Hall–Kier alpha value is -2.76. The maximum atomic E-state index is 12.8. The third-order valence-electron chi connectivity index (χ3n) is 5.80. The molecule has 1 aliphatic heterocycles. The Balaban J connectivity index is 1.49. The molecule has 0 bridgehead atoms. The van der Waals surface area contributed by atoms with Crippen molar-refractivity contribution in [3.63, 3.8) is 0 Å². The van der Waals surface area contributed by atoms with Crippen LogP contribution in [0.3, 0.4) is 0 Å². The number of likely N-dealkylation sites (tertiary alicyclic amines) is 1. The Morgan fingerprint density at radius 1 is 1.24 bits per heavy atom. The van der Waals surface area contributed by atoms with E-state index in [1.165, 1.54) is 18.3 Å². The van der Waals surface area contributed by atoms with Crippen LogP contribution >= 0.6 is 11.3 Å². The zero-order chi connectivity index (χ0) is 24.3. The van der Waals surface area contributed by atoms with Crippen molar-refractivity contribution in [1.29, 1.82) is 0 Å². The zero-order valence-electron chi connectivity index (χ0n) is 18.7. The summed E-state index contributed by atoms with van der Waals surface area (Å²) >= 11 is 1.37. The lowest BCUT2D eigenvalue weighted by atomic mass is 9.90. The van der Waals surface area contributed by atoms with Gasteiger partial charge in [-0.25, -0.2) is 15.0 Å². The lowest BCUT2D eigenvalue weighted by Gasteiger charge is -2.33. The molecule has 3 heterocycles. The van der Waals surface area contributed by atoms with E-state index in [4.69, 9.17) is 5.73 Å². The number of carbonyl (C=O) groups excluding carboxylic acids is 2. The molecule has 2 amide bonds. The van der Waals surface area contributed by atoms with Crippen LogP contribution in [0, 0.1) is 19.8 Å². The second-order valence-electron chi connectivity index (χ2n) is 8.25. The number of aryl methyl sites for hydroxylation is 2. The summed E-state index contributed by atoms with van der Waals surface area (Å²) in [4.78, 5) is 37.8. The zero-order valence-corrected chi connectivity index (χ0v) is 19.5. The molecule has 1 unspecified atom stereocenters. The van der Waals surface area contributed by atoms with Gasteiger partial charge in [0.15, 0.2) is 0 Å². The van der Waals surface area contributed by atoms with E-state index in [1.54, 1.807) is 24.1 Å². The molecule has 0 aromatic carbocycles. The summed E-state index contributed by atoms with van der Waals surface area (Å²) < 4.78 is 38.5. The third-order valence-corrected chi connectivity index (χ3v) is 6.57. The van der Waals surface area contributed by atoms with Gasteiger partial charge in [-0.15, -0.1) is 11.3 Å². The Labute approximate surface area is 193 Å². The summed E-state index contributed by atoms with van der Waals surface area (Å²) in [7, 11) is 0. The summed E-state index contributed by atoms with van der Waals surface area (Å²) in [5, 5.41) is 5.13. The number of rotatable bonds is 6. The van der Waals surface area contributed by atoms with E-state index < -0.39 is 18.0 Å². The van der Waals surface area contributed by atoms with Gasteiger partial charge in [0, 0.05) is 29.7 Å². The van der Waals surface area contributed by atoms with Crippen LogP contribution in [0.2, 0.25) is 0 Å². The number of nitrogens with zero attached hydrogens (tertiary/aromatic N) is 4. The molecule has 1 aliphatic rings. The number of hydrogen-bond acceptors (Lipinski definition) is 7. The van der Waals surface area contributed by atoms with Crippen molar-refractivity contribution in [3.05, 3.63) is 33.2 Å². The van der Waals surface area contributed by atoms with Crippen LogP contribution < -0.4 is 11.1 Å². The minimum absolute atomic E-state index is 0.137. The highest BCUT2D eigenvalue weighted by molar-refractivity contribution is 7.09. The molecular formula is C21H27F3N6O2S. The lowest BCUT2D eigenvalue weighted by molar-refractivity contribution is -0.145. The smallest absolute Gasteiger partial charge is 0.383 e. The first-order valence-corrected chi connectivity index (χ1v) is 11.6. The van der Waals surface area contributed by atoms with Gasteiger partial charge in [0.25, 0.3) is 5.91 Å². The maximum absolute atomic E-state index is 12.8. The number of aromatic nitrogens is 3. The molecule has 180 valence electrons. The Kier molecular flexibility index (Phi) is 7.55. The summed E-state index contributed by atoms with van der Waals surface area (Å²) in [6.45, 7) is 6.07. The predicted octanol–water partition coefficient (Wildman–Crippen LogP) is 3.14. The number of anilines is 1. The van der Waals surface area contributed by atoms with E-state index in [9.17, 15) is 22.8 Å². The lowest BCUT2D eigenvalue weighted by Crippen LogP contribution is -2.49. The number of halogens is 3. The van der Waals surface area contributed by atoms with Crippen LogP contribution in [0.4, 0.5) is 19.0 Å². The Morgan fingerprint density at radius 3 is 2.45 bits per heavy atom. The van der Waals surface area contributed by atoms with Crippen LogP contribution in [0.15, 0.2) is 5.38 Å². The van der Waals surface area contributed by atoms with E-state index in [2.05, 4.69) is 20.3 Å². The first-order chi connectivity index (χ1) is 15.5. The normalized spacial score (nSPS) is 16.0. The fourth-order valence-electron chi connectivity index (χ4n) is 3.92. The highest BCUT2D eigenvalue weighted by atomic mass is 32.1. The fourth-order valence-corrected chi connectivity index (χ4v) is 4.51. The van der Waals surface area contributed by atoms with E-state index in [1.807, 2.05) is 0 Å². The average molecular weight is 485 g/mol. The Morgan fingerprint density at radius 2 is 1.91 bits per heavy atom. The van der Waals surface area contributed by atoms with Gasteiger partial charge in [0.05, 0.1) is 5.01 Å². The first kappa shape index (κ1) is 24.9. The molecule has 0 saturated carbocycles. The van der Waals surface area contributed by atoms with Crippen LogP contribution in [0.1, 0.15) is 58.8 Å². The highest BCUT2D eigenvalue weighted by Gasteiger charge is 2.36. The molecule has 8 nitrogen and oxygen atoms in total. The summed E-state index contributed by atoms with van der Waals surface area (Å²) in [6.07, 6.45) is -1.91. The molecule has 3 rings (SSSR count). The van der Waals surface area contributed by atoms with Gasteiger partial charge in [-0.2, -0.15) is 13.2 Å². The fraction of sp³-hybridized carbons (Fsp3) is 0.571. The third kappa shape index (κ3) is 6.18. The van der Waals surface area contributed by atoms with Gasteiger partial charge < -0.3 is 16.0 Å². The number of hydrogen-bond donors (Lipinski definition) is 2. The standard InChI is InChI=1S/C21H27F3N6O2S/c1-11-15(17(25)29-20(27-11)21(22,23)24)5-4-14-6-8-30(9-7-14)19(32)12(2)26-18(31)16-10-33-13(3)28-16/h10,12,14H,4-9H2,1-3H3,(H,26,31)(H2,25,27,29). The van der Waals surface area contributed by atoms with Crippen molar-refractivity contribution in [2.24, 2.45) is 5.92 Å². The summed E-state index contributed by atoms with van der Waals surface area (Å²) in [5.74, 6) is -1.58. The number of nitrogen functional groups attached to an aromatic ring is 1. The topological polar surface area (TPSA) is 114 Å². The Bertz CT molecular complexity index is 995. The van der Waals surface area contributed by atoms with E-state index in [-0.39, 0.29) is 23.3 Å². The van der Waals surface area contributed by atoms with E-state index >= 15 is 0 Å². The molecule has 1 fully saturated rings. The molecule has 3 N–H and O–H groups in total. The van der Waals surface area contributed by atoms with Gasteiger partial charge in [0.2, 0.25) is 11.7 Å². The van der Waals surface area contributed by atoms with Crippen molar-refractivity contribution in [3.8, 4) is 0 Å². The molecule has 12 heteroatoms. The van der Waals surface area contributed by atoms with E-state index in [0.717, 1.165) is 24.3 Å². The molecule has 2 aromatic heterocycles. The second kappa shape index (κ2) is 10.0. The van der Waals surface area contributed by atoms with Gasteiger partial charge in [-0.3, -0.25) is 9.59 Å². The van der Waals surface area contributed by atoms with E-state index in [0.29, 0.717) is 36.7 Å². The number of amides is 2. The monoisotopic (exact) mass is 484 g/mol. The molecule has 2 aromatic rings. The van der Waals surface area contributed by atoms with Crippen molar-refractivity contribution in [2.75, 3.05) is 18.8 Å². The van der Waals surface area contributed by atoms with Crippen molar-refractivity contribution in [1.82, 2.24) is 25.2 Å². The number of alkyl halides is 3. The van der Waals surface area contributed by atoms with Crippen molar-refractivity contribution < 1.29 is 22.8 Å². The van der Waals surface area contributed by atoms with Crippen molar-refractivity contribution >= 4 is 29.0 Å². The first-order valence-electron chi connectivity index (χ1n) is 10.7. The summed E-state index contributed by atoms with van der Waals surface area (Å²) in [6, 6.07) is -0.664. The van der Waals surface area contributed by atoms with Crippen LogP contribution in [-0.2, 0) is 17.4 Å². The largest absolute Gasteiger partial charge is 0.451 e. The number of piperidine rings is 1. The minimum atomic E-state index is -4.63. The van der Waals surface area contributed by atoms with Crippen LogP contribution in [-0.4, -0.2) is 50.8 Å². The number of nitrogens with one attached hydrogen (secondary N) is 1. The number of carbonyl (C=O) groups is 2. The van der Waals surface area contributed by atoms with Gasteiger partial charge in [-0.05, 0) is 52.4 Å². The molecule has 0 radical (unpaired) electrons. The molecule has 1 atom stereocenters. The average Bonchev–Trinajstić information content (AvgIpc) is 3.18.